The van der Waals surface area contributed by atoms with Crippen LogP contribution in [0.4, 0.5) is 0 Å². The minimum absolute atomic E-state index is 0.678. The van der Waals surface area contributed by atoms with Crippen LogP contribution in [0.3, 0.4) is 0 Å². The molecule has 0 aliphatic heterocycles. The van der Waals surface area contributed by atoms with Crippen molar-refractivity contribution in [2.24, 2.45) is 11.6 Å². The number of hydrazine groups is 1. The highest BCUT2D eigenvalue weighted by Crippen LogP contribution is 1.67. The van der Waals surface area contributed by atoms with Crippen LogP contribution in [0.5, 0.6) is 0 Å². The Hall–Kier alpha value is -0.700. The fraction of sp³-hybridized carbons (Fsp3) is 0.333. The van der Waals surface area contributed by atoms with Crippen LogP contribution < -0.4 is 17.0 Å². The molecule has 0 aromatic carbocycles. The van der Waals surface area contributed by atoms with Gasteiger partial charge in [0.1, 0.15) is 0 Å². The highest BCUT2D eigenvalue weighted by atomic mass is 15.2. The van der Waals surface area contributed by atoms with E-state index in [9.17, 15) is 0 Å². The maximum Gasteiger partial charge on any atom is 0.0307 e. The number of hydrogen-bond donors (Lipinski definition) is 3. The van der Waals surface area contributed by atoms with E-state index in [1.165, 1.54) is 6.20 Å². The number of hydrogen-bond acceptors (Lipinski definition) is 3. The highest BCUT2D eigenvalue weighted by molar-refractivity contribution is 4.87. The molecule has 36 valence electrons. The Morgan fingerprint density at radius 1 is 1.83 bits per heavy atom. The normalized spacial score (nSPS) is 11.3. The number of allylic oxidation sites excluding steroid dienone is 1. The summed E-state index contributed by atoms with van der Waals surface area (Å²) in [5.41, 5.74) is 8.08. The molecule has 0 aliphatic carbocycles. The SMILES string of the molecule is C/C(N)=C/NN. The first kappa shape index (κ1) is 5.30. The first-order valence-corrected chi connectivity index (χ1v) is 1.65. The third-order valence-electron chi connectivity index (χ3n) is 0.311. The Labute approximate surface area is 37.0 Å². The molecule has 0 aromatic heterocycles. The molecule has 0 atom stereocenters. The summed E-state index contributed by atoms with van der Waals surface area (Å²) in [7, 11) is 0. The van der Waals surface area contributed by atoms with Gasteiger partial charge in [0.05, 0.1) is 0 Å². The van der Waals surface area contributed by atoms with Gasteiger partial charge in [-0.2, -0.15) is 0 Å². The van der Waals surface area contributed by atoms with Gasteiger partial charge in [-0.1, -0.05) is 0 Å². The molecule has 5 N–H and O–H groups in total. The van der Waals surface area contributed by atoms with Gasteiger partial charge in [-0.15, -0.1) is 0 Å². The number of rotatable bonds is 1. The monoisotopic (exact) mass is 87.1 g/mol. The highest BCUT2D eigenvalue weighted by Gasteiger charge is 1.65. The molecule has 6 heavy (non-hydrogen) atoms. The summed E-state index contributed by atoms with van der Waals surface area (Å²) < 4.78 is 0. The minimum Gasteiger partial charge on any atom is -0.401 e. The Morgan fingerprint density at radius 2 is 2.33 bits per heavy atom. The predicted octanol–water partition coefficient (Wildman–Crippen LogP) is -0.730. The van der Waals surface area contributed by atoms with Crippen LogP contribution in [-0.2, 0) is 0 Å². The van der Waals surface area contributed by atoms with Crippen molar-refractivity contribution in [3.63, 3.8) is 0 Å². The first-order chi connectivity index (χ1) is 2.77. The van der Waals surface area contributed by atoms with Gasteiger partial charge in [-0.05, 0) is 6.92 Å². The second-order valence-corrected chi connectivity index (χ2v) is 1.06. The van der Waals surface area contributed by atoms with Gasteiger partial charge >= 0.3 is 0 Å². The summed E-state index contributed by atoms with van der Waals surface area (Å²) in [5.74, 6) is 4.82. The average Bonchev–Trinajstić information content (AvgIpc) is 1.35. The molecule has 0 rings (SSSR count). The molecule has 0 fully saturated rings. The number of nitrogens with one attached hydrogen (secondary N) is 1. The van der Waals surface area contributed by atoms with Crippen molar-refractivity contribution >= 4 is 0 Å². The molecule has 0 bridgehead atoms. The zero-order chi connectivity index (χ0) is 4.99. The third kappa shape index (κ3) is 3.30. The quantitative estimate of drug-likeness (QED) is 0.292. The van der Waals surface area contributed by atoms with E-state index in [4.69, 9.17) is 11.6 Å². The predicted molar refractivity (Wildman–Crippen MR) is 25.3 cm³/mol. The van der Waals surface area contributed by atoms with Crippen molar-refractivity contribution in [2.75, 3.05) is 0 Å². The lowest BCUT2D eigenvalue weighted by Gasteiger charge is -1.85. The van der Waals surface area contributed by atoms with E-state index in [2.05, 4.69) is 5.43 Å². The topological polar surface area (TPSA) is 64.1 Å². The van der Waals surface area contributed by atoms with E-state index in [1.807, 2.05) is 0 Å². The van der Waals surface area contributed by atoms with Gasteiger partial charge < -0.3 is 11.2 Å². The zero-order valence-corrected chi connectivity index (χ0v) is 3.73. The summed E-state index contributed by atoms with van der Waals surface area (Å²) in [6.45, 7) is 1.75. The standard InChI is InChI=1S/C3H9N3/c1-3(4)2-6-5/h2,6H,4-5H2,1H3/b3-2-. The van der Waals surface area contributed by atoms with Crippen molar-refractivity contribution < 1.29 is 0 Å². The van der Waals surface area contributed by atoms with Crippen LogP contribution in [0, 0.1) is 0 Å². The fourth-order valence-corrected chi connectivity index (χ4v) is 0.131. The lowest BCUT2D eigenvalue weighted by molar-refractivity contribution is 0.946. The van der Waals surface area contributed by atoms with E-state index in [-0.39, 0.29) is 0 Å². The first-order valence-electron chi connectivity index (χ1n) is 1.65. The summed E-state index contributed by atoms with van der Waals surface area (Å²) in [4.78, 5) is 0. The average molecular weight is 87.1 g/mol. The van der Waals surface area contributed by atoms with Crippen molar-refractivity contribution in [1.29, 1.82) is 0 Å². The molecule has 0 aliphatic rings. The van der Waals surface area contributed by atoms with E-state index in [0.29, 0.717) is 5.70 Å². The maximum absolute atomic E-state index is 5.12. The molecule has 3 nitrogen and oxygen atoms in total. The van der Waals surface area contributed by atoms with Gasteiger partial charge in [-0.25, -0.2) is 0 Å². The molecule has 0 heterocycles. The van der Waals surface area contributed by atoms with Gasteiger partial charge in [0, 0.05) is 11.9 Å². The van der Waals surface area contributed by atoms with Crippen LogP contribution in [0.15, 0.2) is 11.9 Å². The fourth-order valence-electron chi connectivity index (χ4n) is 0.131. The second-order valence-electron chi connectivity index (χ2n) is 1.06. The Bertz CT molecular complexity index is 53.1. The van der Waals surface area contributed by atoms with Crippen LogP contribution >= 0.6 is 0 Å². The van der Waals surface area contributed by atoms with E-state index < -0.39 is 0 Å². The summed E-state index contributed by atoms with van der Waals surface area (Å²) in [6.07, 6.45) is 1.51. The van der Waals surface area contributed by atoms with Gasteiger partial charge in [0.25, 0.3) is 0 Å². The van der Waals surface area contributed by atoms with Gasteiger partial charge in [-0.3, -0.25) is 5.84 Å². The Kier molecular flexibility index (Phi) is 2.24. The van der Waals surface area contributed by atoms with E-state index in [1.54, 1.807) is 6.92 Å². The maximum atomic E-state index is 5.12. The summed E-state index contributed by atoms with van der Waals surface area (Å²) in [5, 5.41) is 0. The smallest absolute Gasteiger partial charge is 0.0307 e. The van der Waals surface area contributed by atoms with Gasteiger partial charge in [0.15, 0.2) is 0 Å². The van der Waals surface area contributed by atoms with Crippen molar-refractivity contribution in [1.82, 2.24) is 5.43 Å². The van der Waals surface area contributed by atoms with Crippen LogP contribution in [0.25, 0.3) is 0 Å². The number of nitrogens with two attached hydrogens (primary N) is 2. The minimum atomic E-state index is 0.678. The van der Waals surface area contributed by atoms with Crippen LogP contribution in [-0.4, -0.2) is 0 Å². The largest absolute Gasteiger partial charge is 0.401 e. The molecule has 0 unspecified atom stereocenters. The van der Waals surface area contributed by atoms with Crippen molar-refractivity contribution in [2.45, 2.75) is 6.92 Å². The molecule has 0 saturated carbocycles. The van der Waals surface area contributed by atoms with E-state index in [0.717, 1.165) is 0 Å². The molecule has 0 amide bonds. The van der Waals surface area contributed by atoms with Crippen molar-refractivity contribution in [3.8, 4) is 0 Å². The molecule has 0 radical (unpaired) electrons. The lowest BCUT2D eigenvalue weighted by Crippen LogP contribution is -2.15. The van der Waals surface area contributed by atoms with E-state index >= 15 is 0 Å². The molecule has 3 heteroatoms. The Balaban J connectivity index is 3.14. The van der Waals surface area contributed by atoms with Crippen molar-refractivity contribution in [3.05, 3.63) is 11.9 Å². The summed E-state index contributed by atoms with van der Waals surface area (Å²) in [6, 6.07) is 0. The molecular weight excluding hydrogens is 78.1 g/mol. The van der Waals surface area contributed by atoms with Crippen LogP contribution in [0.1, 0.15) is 6.92 Å². The molecule has 0 saturated heterocycles. The summed E-state index contributed by atoms with van der Waals surface area (Å²) >= 11 is 0. The second kappa shape index (κ2) is 2.53. The molecule has 0 spiro atoms. The Morgan fingerprint density at radius 3 is 2.33 bits per heavy atom. The third-order valence-corrected chi connectivity index (χ3v) is 0.311. The lowest BCUT2D eigenvalue weighted by atomic mass is 10.6. The van der Waals surface area contributed by atoms with Crippen LogP contribution in [0.2, 0.25) is 0 Å². The molecule has 0 aromatic rings. The zero-order valence-electron chi connectivity index (χ0n) is 3.73. The molecular formula is C3H9N3. The van der Waals surface area contributed by atoms with Gasteiger partial charge in [0.2, 0.25) is 0 Å².